The van der Waals surface area contributed by atoms with Crippen molar-refractivity contribution in [2.75, 3.05) is 24.7 Å². The van der Waals surface area contributed by atoms with E-state index in [-0.39, 0.29) is 5.00 Å². The molecule has 2 N–H and O–H groups in total. The van der Waals surface area contributed by atoms with Gasteiger partial charge in [0.1, 0.15) is 17.2 Å². The highest BCUT2D eigenvalue weighted by Crippen LogP contribution is 2.35. The van der Waals surface area contributed by atoms with E-state index in [0.717, 1.165) is 17.0 Å². The molecule has 0 unspecified atom stereocenters. The van der Waals surface area contributed by atoms with Gasteiger partial charge in [-0.05, 0) is 18.2 Å². The lowest BCUT2D eigenvalue weighted by atomic mass is 10.3. The Labute approximate surface area is 124 Å². The molecule has 0 radical (unpaired) electrons. The van der Waals surface area contributed by atoms with Gasteiger partial charge in [0.15, 0.2) is 0 Å². The maximum Gasteiger partial charge on any atom is 0.324 e. The van der Waals surface area contributed by atoms with Crippen LogP contribution < -0.4 is 10.6 Å². The van der Waals surface area contributed by atoms with Crippen molar-refractivity contribution < 1.29 is 4.92 Å². The van der Waals surface area contributed by atoms with Crippen molar-refractivity contribution in [3.63, 3.8) is 0 Å². The molecular weight excluding hydrogens is 290 g/mol. The Morgan fingerprint density at radius 1 is 1.33 bits per heavy atom. The standard InChI is InChI=1S/C13H13N5O2S/c1-16(2)8-3-5-10-15-12(13(14)17(10)7-8)9-4-6-11(21-9)18(19)20/h3-7H,14H2,1-2H3. The number of hydrogen-bond acceptors (Lipinski definition) is 6. The smallest absolute Gasteiger partial charge is 0.324 e. The molecule has 0 atom stereocenters. The fourth-order valence-corrected chi connectivity index (χ4v) is 2.87. The predicted octanol–water partition coefficient (Wildman–Crippen LogP) is 2.62. The zero-order valence-electron chi connectivity index (χ0n) is 11.5. The number of thiophene rings is 1. The first-order chi connectivity index (χ1) is 9.97. The number of hydrogen-bond donors (Lipinski definition) is 1. The number of imidazole rings is 1. The second-order valence-electron chi connectivity index (χ2n) is 4.75. The first kappa shape index (κ1) is 13.4. The summed E-state index contributed by atoms with van der Waals surface area (Å²) in [5.41, 5.74) is 8.43. The normalized spacial score (nSPS) is 11.0. The second kappa shape index (κ2) is 4.74. The molecule has 0 aliphatic heterocycles. The number of rotatable bonds is 3. The average molecular weight is 303 g/mol. The van der Waals surface area contributed by atoms with E-state index in [1.165, 1.54) is 6.07 Å². The molecule has 0 saturated heterocycles. The Balaban J connectivity index is 2.14. The van der Waals surface area contributed by atoms with Crippen molar-refractivity contribution in [1.82, 2.24) is 9.38 Å². The number of aromatic nitrogens is 2. The van der Waals surface area contributed by atoms with Gasteiger partial charge in [0.2, 0.25) is 0 Å². The van der Waals surface area contributed by atoms with Crippen LogP contribution in [0.25, 0.3) is 16.2 Å². The van der Waals surface area contributed by atoms with Gasteiger partial charge in [0.25, 0.3) is 0 Å². The minimum Gasteiger partial charge on any atom is -0.383 e. The molecule has 0 bridgehead atoms. The molecule has 0 amide bonds. The van der Waals surface area contributed by atoms with Crippen molar-refractivity contribution in [1.29, 1.82) is 0 Å². The molecule has 3 heterocycles. The molecule has 0 aromatic carbocycles. The number of nitrogen functional groups attached to an aromatic ring is 1. The second-order valence-corrected chi connectivity index (χ2v) is 5.81. The maximum atomic E-state index is 10.8. The van der Waals surface area contributed by atoms with Crippen LogP contribution in [0.15, 0.2) is 30.5 Å². The molecule has 7 nitrogen and oxygen atoms in total. The van der Waals surface area contributed by atoms with Crippen LogP contribution in [0.4, 0.5) is 16.5 Å². The number of anilines is 2. The quantitative estimate of drug-likeness (QED) is 0.593. The molecule has 3 aromatic heterocycles. The minimum absolute atomic E-state index is 0.0791. The highest BCUT2D eigenvalue weighted by molar-refractivity contribution is 7.18. The first-order valence-corrected chi connectivity index (χ1v) is 6.98. The van der Waals surface area contributed by atoms with E-state index in [9.17, 15) is 10.1 Å². The van der Waals surface area contributed by atoms with E-state index in [2.05, 4.69) is 4.98 Å². The van der Waals surface area contributed by atoms with E-state index in [0.29, 0.717) is 22.0 Å². The van der Waals surface area contributed by atoms with E-state index in [1.807, 2.05) is 37.3 Å². The van der Waals surface area contributed by atoms with E-state index >= 15 is 0 Å². The summed E-state index contributed by atoms with van der Waals surface area (Å²) in [6.07, 6.45) is 1.89. The molecule has 0 aliphatic carbocycles. The minimum atomic E-state index is -0.412. The largest absolute Gasteiger partial charge is 0.383 e. The van der Waals surface area contributed by atoms with E-state index in [1.54, 1.807) is 10.5 Å². The summed E-state index contributed by atoms with van der Waals surface area (Å²) >= 11 is 1.07. The highest BCUT2D eigenvalue weighted by atomic mass is 32.1. The molecule has 0 saturated carbocycles. The summed E-state index contributed by atoms with van der Waals surface area (Å²) in [5.74, 6) is 0.477. The number of nitrogens with zero attached hydrogens (tertiary/aromatic N) is 4. The zero-order valence-corrected chi connectivity index (χ0v) is 12.3. The molecule has 0 fully saturated rings. The highest BCUT2D eigenvalue weighted by Gasteiger charge is 2.17. The molecule has 0 aliphatic rings. The summed E-state index contributed by atoms with van der Waals surface area (Å²) in [6.45, 7) is 0. The fourth-order valence-electron chi connectivity index (χ4n) is 2.05. The van der Waals surface area contributed by atoms with Gasteiger partial charge < -0.3 is 10.6 Å². The van der Waals surface area contributed by atoms with Gasteiger partial charge >= 0.3 is 5.00 Å². The van der Waals surface area contributed by atoms with Gasteiger partial charge in [-0.15, -0.1) is 0 Å². The molecule has 3 aromatic rings. The van der Waals surface area contributed by atoms with E-state index < -0.39 is 4.92 Å². The summed E-state index contributed by atoms with van der Waals surface area (Å²) in [4.78, 5) is 17.5. The fraction of sp³-hybridized carbons (Fsp3) is 0.154. The van der Waals surface area contributed by atoms with Gasteiger partial charge in [-0.25, -0.2) is 4.98 Å². The topological polar surface area (TPSA) is 89.7 Å². The van der Waals surface area contributed by atoms with Crippen LogP contribution in [0.3, 0.4) is 0 Å². The van der Waals surface area contributed by atoms with Crippen molar-refractivity contribution in [3.8, 4) is 10.6 Å². The van der Waals surface area contributed by atoms with Gasteiger partial charge in [0, 0.05) is 26.4 Å². The first-order valence-electron chi connectivity index (χ1n) is 6.17. The Morgan fingerprint density at radius 3 is 2.71 bits per heavy atom. The monoisotopic (exact) mass is 303 g/mol. The van der Waals surface area contributed by atoms with Crippen LogP contribution >= 0.6 is 11.3 Å². The summed E-state index contributed by atoms with van der Waals surface area (Å²) < 4.78 is 1.79. The van der Waals surface area contributed by atoms with Crippen molar-refractivity contribution in [3.05, 3.63) is 40.6 Å². The van der Waals surface area contributed by atoms with Crippen molar-refractivity contribution >= 4 is 33.5 Å². The zero-order chi connectivity index (χ0) is 15.1. The summed E-state index contributed by atoms with van der Waals surface area (Å²) in [6, 6.07) is 6.96. The summed E-state index contributed by atoms with van der Waals surface area (Å²) in [5, 5.41) is 10.9. The predicted molar refractivity (Wildman–Crippen MR) is 83.9 cm³/mol. The van der Waals surface area contributed by atoms with Crippen LogP contribution in [0, 0.1) is 10.1 Å². The van der Waals surface area contributed by atoms with Gasteiger partial charge in [-0.3, -0.25) is 14.5 Å². The molecule has 21 heavy (non-hydrogen) atoms. The third-order valence-electron chi connectivity index (χ3n) is 3.16. The molecular formula is C13H13N5O2S. The summed E-state index contributed by atoms with van der Waals surface area (Å²) in [7, 11) is 3.88. The third-order valence-corrected chi connectivity index (χ3v) is 4.21. The van der Waals surface area contributed by atoms with Crippen molar-refractivity contribution in [2.24, 2.45) is 0 Å². The van der Waals surface area contributed by atoms with Crippen LogP contribution in [-0.2, 0) is 0 Å². The van der Waals surface area contributed by atoms with Gasteiger partial charge in [0.05, 0.1) is 15.5 Å². The third kappa shape index (κ3) is 2.19. The Bertz CT molecular complexity index is 836. The lowest BCUT2D eigenvalue weighted by Gasteiger charge is -2.12. The number of pyridine rings is 1. The van der Waals surface area contributed by atoms with Gasteiger partial charge in [-0.1, -0.05) is 11.3 Å². The number of fused-ring (bicyclic) bond motifs is 1. The molecule has 8 heteroatoms. The lowest BCUT2D eigenvalue weighted by molar-refractivity contribution is -0.380. The van der Waals surface area contributed by atoms with E-state index in [4.69, 9.17) is 5.73 Å². The lowest BCUT2D eigenvalue weighted by Crippen LogP contribution is -2.09. The van der Waals surface area contributed by atoms with Crippen LogP contribution in [0.5, 0.6) is 0 Å². The van der Waals surface area contributed by atoms with Gasteiger partial charge in [-0.2, -0.15) is 0 Å². The van der Waals surface area contributed by atoms with Crippen LogP contribution in [-0.4, -0.2) is 28.4 Å². The SMILES string of the molecule is CN(C)c1ccc2nc(-c3ccc([N+](=O)[O-])s3)c(N)n2c1. The molecule has 0 spiro atoms. The Kier molecular flexibility index (Phi) is 3.02. The van der Waals surface area contributed by atoms with Crippen LogP contribution in [0.2, 0.25) is 0 Å². The number of nitro groups is 1. The van der Waals surface area contributed by atoms with Crippen LogP contribution in [0.1, 0.15) is 0 Å². The molecule has 108 valence electrons. The Morgan fingerprint density at radius 2 is 2.10 bits per heavy atom. The van der Waals surface area contributed by atoms with Crippen molar-refractivity contribution in [2.45, 2.75) is 0 Å². The Hall–Kier alpha value is -2.61. The molecule has 3 rings (SSSR count). The number of nitrogens with two attached hydrogens (primary N) is 1. The average Bonchev–Trinajstić information content (AvgIpc) is 3.03. The maximum absolute atomic E-state index is 10.8.